The minimum absolute atomic E-state index is 0.328. The molecule has 5 aromatic rings. The Labute approximate surface area is 178 Å². The van der Waals surface area contributed by atoms with Crippen molar-refractivity contribution in [2.75, 3.05) is 0 Å². The van der Waals surface area contributed by atoms with Crippen molar-refractivity contribution in [3.63, 3.8) is 0 Å². The lowest BCUT2D eigenvalue weighted by Crippen LogP contribution is -1.98. The second-order valence-electron chi connectivity index (χ2n) is 6.58. The number of pyridine rings is 1. The zero-order valence-electron chi connectivity index (χ0n) is 15.8. The van der Waals surface area contributed by atoms with E-state index in [1.807, 2.05) is 71.8 Å². The molecule has 0 aliphatic heterocycles. The summed E-state index contributed by atoms with van der Waals surface area (Å²) in [5.74, 6) is 1.01. The molecule has 0 N–H and O–H groups in total. The van der Waals surface area contributed by atoms with Gasteiger partial charge in [-0.2, -0.15) is 10.2 Å². The number of benzene rings is 2. The van der Waals surface area contributed by atoms with Gasteiger partial charge in [-0.1, -0.05) is 48.0 Å². The Kier molecular flexibility index (Phi) is 4.75. The van der Waals surface area contributed by atoms with Crippen LogP contribution in [0.4, 0.5) is 0 Å². The molecule has 0 saturated heterocycles. The highest BCUT2D eigenvalue weighted by molar-refractivity contribution is 6.29. The maximum absolute atomic E-state index is 6.17. The summed E-state index contributed by atoms with van der Waals surface area (Å²) in [6, 6.07) is 23.1. The van der Waals surface area contributed by atoms with E-state index in [4.69, 9.17) is 16.3 Å². The van der Waals surface area contributed by atoms with Crippen LogP contribution in [0, 0.1) is 0 Å². The fourth-order valence-electron chi connectivity index (χ4n) is 3.12. The van der Waals surface area contributed by atoms with E-state index in [-0.39, 0.29) is 0 Å². The Balaban J connectivity index is 1.42. The quantitative estimate of drug-likeness (QED) is 0.354. The van der Waals surface area contributed by atoms with Crippen LogP contribution >= 0.6 is 11.6 Å². The van der Waals surface area contributed by atoms with E-state index in [0.717, 1.165) is 22.5 Å². The molecular formula is C23H16ClN5O. The molecule has 0 amide bonds. The first-order valence-electron chi connectivity index (χ1n) is 9.31. The van der Waals surface area contributed by atoms with Gasteiger partial charge in [-0.25, -0.2) is 14.3 Å². The monoisotopic (exact) mass is 413 g/mol. The molecule has 2 aromatic carbocycles. The summed E-state index contributed by atoms with van der Waals surface area (Å²) in [6.07, 6.45) is 7.36. The molecule has 0 atom stereocenters. The van der Waals surface area contributed by atoms with Crippen molar-refractivity contribution >= 4 is 11.6 Å². The SMILES string of the molecule is Clc1cc(-n2cccn2)cc(Oc2cccc(-n3cc(-c4ccccc4)cn3)c2)n1. The van der Waals surface area contributed by atoms with Gasteiger partial charge < -0.3 is 4.74 Å². The van der Waals surface area contributed by atoms with Gasteiger partial charge in [-0.3, -0.25) is 0 Å². The Morgan fingerprint density at radius 1 is 0.767 bits per heavy atom. The Morgan fingerprint density at radius 3 is 2.50 bits per heavy atom. The molecule has 3 heterocycles. The molecule has 0 spiro atoms. The number of rotatable bonds is 5. The van der Waals surface area contributed by atoms with Crippen LogP contribution in [0.3, 0.4) is 0 Å². The van der Waals surface area contributed by atoms with Gasteiger partial charge in [0.1, 0.15) is 10.9 Å². The van der Waals surface area contributed by atoms with Crippen molar-refractivity contribution in [1.82, 2.24) is 24.5 Å². The highest BCUT2D eigenvalue weighted by atomic mass is 35.5. The molecule has 0 saturated carbocycles. The van der Waals surface area contributed by atoms with E-state index >= 15 is 0 Å². The van der Waals surface area contributed by atoms with Crippen molar-refractivity contribution < 1.29 is 4.74 Å². The molecule has 0 fully saturated rings. The summed E-state index contributed by atoms with van der Waals surface area (Å²) in [4.78, 5) is 4.26. The Morgan fingerprint density at radius 2 is 1.67 bits per heavy atom. The van der Waals surface area contributed by atoms with Crippen LogP contribution in [0.1, 0.15) is 0 Å². The molecule has 0 aliphatic rings. The van der Waals surface area contributed by atoms with Gasteiger partial charge in [-0.05, 0) is 23.8 Å². The van der Waals surface area contributed by atoms with Gasteiger partial charge in [0.25, 0.3) is 0 Å². The van der Waals surface area contributed by atoms with Crippen LogP contribution in [0.5, 0.6) is 11.6 Å². The molecule has 0 aliphatic carbocycles. The van der Waals surface area contributed by atoms with Crippen LogP contribution in [0.2, 0.25) is 5.15 Å². The van der Waals surface area contributed by atoms with E-state index in [1.54, 1.807) is 23.0 Å². The highest BCUT2D eigenvalue weighted by Crippen LogP contribution is 2.26. The third kappa shape index (κ3) is 3.81. The maximum Gasteiger partial charge on any atom is 0.222 e. The smallest absolute Gasteiger partial charge is 0.222 e. The van der Waals surface area contributed by atoms with Crippen LogP contribution in [-0.2, 0) is 0 Å². The fourth-order valence-corrected chi connectivity index (χ4v) is 3.32. The maximum atomic E-state index is 6.17. The normalized spacial score (nSPS) is 10.8. The van der Waals surface area contributed by atoms with Crippen LogP contribution in [0.15, 0.2) is 97.6 Å². The standard InChI is InChI=1S/C23H16ClN5O/c24-22-13-20(28-11-5-10-25-28)14-23(27-22)30-21-9-4-8-19(12-21)29-16-18(15-26-29)17-6-2-1-3-7-17/h1-16H. The predicted molar refractivity (Wildman–Crippen MR) is 115 cm³/mol. The molecular weight excluding hydrogens is 398 g/mol. The van der Waals surface area contributed by atoms with Gasteiger partial charge in [0.2, 0.25) is 5.88 Å². The first-order valence-corrected chi connectivity index (χ1v) is 9.68. The summed E-state index contributed by atoms with van der Waals surface area (Å²) < 4.78 is 9.49. The molecule has 6 nitrogen and oxygen atoms in total. The van der Waals surface area contributed by atoms with Crippen LogP contribution < -0.4 is 4.74 Å². The minimum Gasteiger partial charge on any atom is -0.439 e. The van der Waals surface area contributed by atoms with E-state index < -0.39 is 0 Å². The van der Waals surface area contributed by atoms with Gasteiger partial charge in [-0.15, -0.1) is 0 Å². The first kappa shape index (κ1) is 18.1. The van der Waals surface area contributed by atoms with Crippen molar-refractivity contribution in [3.05, 3.63) is 103 Å². The summed E-state index contributed by atoms with van der Waals surface area (Å²) in [5, 5.41) is 9.03. The zero-order chi connectivity index (χ0) is 20.3. The zero-order valence-corrected chi connectivity index (χ0v) is 16.5. The van der Waals surface area contributed by atoms with Crippen LogP contribution in [-0.4, -0.2) is 24.5 Å². The average Bonchev–Trinajstić information content (AvgIpc) is 3.47. The number of aromatic nitrogens is 5. The van der Waals surface area contributed by atoms with E-state index in [1.165, 1.54) is 0 Å². The second-order valence-corrected chi connectivity index (χ2v) is 6.96. The molecule has 0 unspecified atom stereocenters. The lowest BCUT2D eigenvalue weighted by molar-refractivity contribution is 0.462. The van der Waals surface area contributed by atoms with Gasteiger partial charge in [0, 0.05) is 42.4 Å². The van der Waals surface area contributed by atoms with Gasteiger partial charge in [0.15, 0.2) is 0 Å². The lowest BCUT2D eigenvalue weighted by atomic mass is 10.1. The van der Waals surface area contributed by atoms with Crippen molar-refractivity contribution in [1.29, 1.82) is 0 Å². The summed E-state index contributed by atoms with van der Waals surface area (Å²) in [6.45, 7) is 0. The molecule has 0 radical (unpaired) electrons. The molecule has 0 bridgehead atoms. The molecule has 5 rings (SSSR count). The minimum atomic E-state index is 0.328. The molecule has 3 aromatic heterocycles. The van der Waals surface area contributed by atoms with Gasteiger partial charge in [0.05, 0.1) is 17.6 Å². The topological polar surface area (TPSA) is 57.8 Å². The average molecular weight is 414 g/mol. The van der Waals surface area contributed by atoms with Crippen molar-refractivity contribution in [2.45, 2.75) is 0 Å². The number of halogens is 1. The largest absolute Gasteiger partial charge is 0.439 e. The number of ether oxygens (including phenoxy) is 1. The third-order valence-electron chi connectivity index (χ3n) is 4.52. The Hall–Kier alpha value is -3.90. The fraction of sp³-hybridized carbons (Fsp3) is 0. The van der Waals surface area contributed by atoms with Crippen LogP contribution in [0.25, 0.3) is 22.5 Å². The van der Waals surface area contributed by atoms with Crippen molar-refractivity contribution in [3.8, 4) is 34.1 Å². The Bertz CT molecular complexity index is 1280. The predicted octanol–water partition coefficient (Wildman–Crippen LogP) is 5.57. The highest BCUT2D eigenvalue weighted by Gasteiger charge is 2.08. The summed E-state index contributed by atoms with van der Waals surface area (Å²) in [5.41, 5.74) is 3.81. The van der Waals surface area contributed by atoms with E-state index in [2.05, 4.69) is 27.3 Å². The number of hydrogen-bond acceptors (Lipinski definition) is 4. The molecule has 30 heavy (non-hydrogen) atoms. The second kappa shape index (κ2) is 7.85. The molecule has 7 heteroatoms. The number of hydrogen-bond donors (Lipinski definition) is 0. The number of nitrogens with zero attached hydrogens (tertiary/aromatic N) is 5. The van der Waals surface area contributed by atoms with Gasteiger partial charge >= 0.3 is 0 Å². The molecule has 146 valence electrons. The lowest BCUT2D eigenvalue weighted by Gasteiger charge is -2.09. The third-order valence-corrected chi connectivity index (χ3v) is 4.71. The van der Waals surface area contributed by atoms with E-state index in [9.17, 15) is 0 Å². The first-order chi connectivity index (χ1) is 14.7. The summed E-state index contributed by atoms with van der Waals surface area (Å²) in [7, 11) is 0. The van der Waals surface area contributed by atoms with Crippen molar-refractivity contribution in [2.24, 2.45) is 0 Å². The summed E-state index contributed by atoms with van der Waals surface area (Å²) >= 11 is 6.17. The van der Waals surface area contributed by atoms with E-state index in [0.29, 0.717) is 16.8 Å².